The smallest absolute Gasteiger partial charge is 0.0656 e. The number of unbranched alkanes of at least 4 members (excludes halogenated alkanes) is 1. The quantitative estimate of drug-likeness (QED) is 0.299. The van der Waals surface area contributed by atoms with E-state index in [1.165, 1.54) is 44.1 Å². The second kappa shape index (κ2) is 11.1. The summed E-state index contributed by atoms with van der Waals surface area (Å²) in [4.78, 5) is 0. The van der Waals surface area contributed by atoms with Crippen LogP contribution in [0.25, 0.3) is 0 Å². The van der Waals surface area contributed by atoms with Crippen molar-refractivity contribution >= 4 is 0 Å². The molecule has 8 atom stereocenters. The Morgan fingerprint density at radius 3 is 2.58 bits per heavy atom. The molecule has 192 valence electrons. The van der Waals surface area contributed by atoms with Crippen molar-refractivity contribution in [3.05, 3.63) is 11.6 Å². The first-order valence-electron chi connectivity index (χ1n) is 14.1. The van der Waals surface area contributed by atoms with Gasteiger partial charge in [-0.3, -0.25) is 0 Å². The molecule has 0 radical (unpaired) electrons. The standard InChI is InChI=1S/C30H54O3/c1-7-8-15-29(4,32)21-23-9-10-25-24(20-23)14-17-30(5)26(11-12-27(25)30)22(2)13-16-28(3,31)18-19-33-6/h9,22,24-27,31-32H,7-8,10-21H2,1-6H3/t22-,24-,25-,26-,27+,28+,29+,30-/m1/s1. The maximum absolute atomic E-state index is 10.9. The van der Waals surface area contributed by atoms with Gasteiger partial charge in [0, 0.05) is 13.7 Å². The first kappa shape index (κ1) is 27.2. The van der Waals surface area contributed by atoms with E-state index in [1.54, 1.807) is 7.11 Å². The summed E-state index contributed by atoms with van der Waals surface area (Å²) in [6.07, 6.45) is 17.3. The third-order valence-corrected chi connectivity index (χ3v) is 10.2. The summed E-state index contributed by atoms with van der Waals surface area (Å²) in [6, 6.07) is 0. The summed E-state index contributed by atoms with van der Waals surface area (Å²) in [6.45, 7) is 11.9. The average Bonchev–Trinajstić information content (AvgIpc) is 3.12. The molecule has 3 heteroatoms. The van der Waals surface area contributed by atoms with Crippen molar-refractivity contribution in [1.29, 1.82) is 0 Å². The summed E-state index contributed by atoms with van der Waals surface area (Å²) in [5.74, 6) is 4.00. The van der Waals surface area contributed by atoms with Crippen LogP contribution >= 0.6 is 0 Å². The highest BCUT2D eigenvalue weighted by molar-refractivity contribution is 5.16. The van der Waals surface area contributed by atoms with Crippen molar-refractivity contribution in [2.45, 2.75) is 129 Å². The van der Waals surface area contributed by atoms with Crippen LogP contribution in [0.4, 0.5) is 0 Å². The van der Waals surface area contributed by atoms with E-state index in [-0.39, 0.29) is 0 Å². The van der Waals surface area contributed by atoms with E-state index in [1.807, 2.05) is 13.8 Å². The van der Waals surface area contributed by atoms with Gasteiger partial charge in [-0.2, -0.15) is 0 Å². The molecule has 0 bridgehead atoms. The Kier molecular flexibility index (Phi) is 9.17. The van der Waals surface area contributed by atoms with Gasteiger partial charge in [-0.05, 0) is 119 Å². The van der Waals surface area contributed by atoms with E-state index in [0.29, 0.717) is 17.9 Å². The zero-order valence-corrected chi connectivity index (χ0v) is 22.7. The van der Waals surface area contributed by atoms with Crippen LogP contribution in [-0.4, -0.2) is 35.1 Å². The fourth-order valence-electron chi connectivity index (χ4n) is 8.14. The highest BCUT2D eigenvalue weighted by atomic mass is 16.5. The summed E-state index contributed by atoms with van der Waals surface area (Å²) in [5.41, 5.74) is 0.860. The first-order chi connectivity index (χ1) is 15.5. The molecule has 3 nitrogen and oxygen atoms in total. The lowest BCUT2D eigenvalue weighted by Crippen LogP contribution is -2.44. The van der Waals surface area contributed by atoms with Crippen LogP contribution in [0.1, 0.15) is 118 Å². The number of aliphatic hydroxyl groups is 2. The summed E-state index contributed by atoms with van der Waals surface area (Å²) >= 11 is 0. The van der Waals surface area contributed by atoms with Gasteiger partial charge in [0.05, 0.1) is 11.2 Å². The monoisotopic (exact) mass is 462 g/mol. The average molecular weight is 463 g/mol. The van der Waals surface area contributed by atoms with E-state index in [2.05, 4.69) is 26.8 Å². The molecule has 2 saturated carbocycles. The molecule has 0 spiro atoms. The Morgan fingerprint density at radius 2 is 1.88 bits per heavy atom. The number of rotatable bonds is 12. The highest BCUT2D eigenvalue weighted by Gasteiger charge is 2.55. The van der Waals surface area contributed by atoms with Gasteiger partial charge in [-0.15, -0.1) is 0 Å². The molecule has 3 rings (SSSR count). The van der Waals surface area contributed by atoms with Crippen LogP contribution < -0.4 is 0 Å². The summed E-state index contributed by atoms with van der Waals surface area (Å²) in [5, 5.41) is 21.6. The predicted octanol–water partition coefficient (Wildman–Crippen LogP) is 7.30. The van der Waals surface area contributed by atoms with Crippen LogP contribution in [-0.2, 0) is 4.74 Å². The minimum absolute atomic E-state index is 0.469. The maximum Gasteiger partial charge on any atom is 0.0656 e. The molecular formula is C30H54O3. The fraction of sp³-hybridized carbons (Fsp3) is 0.933. The number of hydrogen-bond acceptors (Lipinski definition) is 3. The van der Waals surface area contributed by atoms with Crippen molar-refractivity contribution in [3.63, 3.8) is 0 Å². The number of ether oxygens (including phenoxy) is 1. The zero-order chi connectivity index (χ0) is 24.3. The first-order valence-corrected chi connectivity index (χ1v) is 14.1. The Hall–Kier alpha value is -0.380. The lowest BCUT2D eigenvalue weighted by molar-refractivity contribution is -0.0186. The van der Waals surface area contributed by atoms with Gasteiger partial charge in [0.1, 0.15) is 0 Å². The van der Waals surface area contributed by atoms with Crippen molar-refractivity contribution in [2.24, 2.45) is 35.0 Å². The maximum atomic E-state index is 10.9. The van der Waals surface area contributed by atoms with Gasteiger partial charge in [0.15, 0.2) is 0 Å². The molecule has 0 amide bonds. The number of fused-ring (bicyclic) bond motifs is 3. The van der Waals surface area contributed by atoms with E-state index in [0.717, 1.165) is 68.6 Å². The molecule has 0 saturated heterocycles. The van der Waals surface area contributed by atoms with Gasteiger partial charge >= 0.3 is 0 Å². The van der Waals surface area contributed by atoms with Crippen LogP contribution in [0.15, 0.2) is 11.6 Å². The molecule has 3 aliphatic carbocycles. The molecule has 0 aromatic carbocycles. The molecule has 0 heterocycles. The van der Waals surface area contributed by atoms with Crippen molar-refractivity contribution < 1.29 is 14.9 Å². The Balaban J connectivity index is 1.59. The Morgan fingerprint density at radius 1 is 1.12 bits per heavy atom. The van der Waals surface area contributed by atoms with Crippen LogP contribution in [0.2, 0.25) is 0 Å². The Bertz CT molecular complexity index is 651. The minimum Gasteiger partial charge on any atom is -0.390 e. The number of allylic oxidation sites excluding steroid dienone is 1. The van der Waals surface area contributed by atoms with Gasteiger partial charge in [-0.1, -0.05) is 45.3 Å². The molecule has 2 fully saturated rings. The van der Waals surface area contributed by atoms with E-state index in [9.17, 15) is 10.2 Å². The van der Waals surface area contributed by atoms with Gasteiger partial charge in [-0.25, -0.2) is 0 Å². The number of hydrogen-bond donors (Lipinski definition) is 2. The van der Waals surface area contributed by atoms with Crippen LogP contribution in [0.3, 0.4) is 0 Å². The van der Waals surface area contributed by atoms with Crippen molar-refractivity contribution in [1.82, 2.24) is 0 Å². The summed E-state index contributed by atoms with van der Waals surface area (Å²) in [7, 11) is 1.72. The van der Waals surface area contributed by atoms with E-state index in [4.69, 9.17) is 4.74 Å². The molecule has 33 heavy (non-hydrogen) atoms. The van der Waals surface area contributed by atoms with Gasteiger partial charge in [0.25, 0.3) is 0 Å². The SMILES string of the molecule is CCCC[C@](C)(O)CC1=CC[C@@H]2[C@H](CC[C@]3(C)[C@@H]([C@H](C)CC[C@](C)(O)CCOC)CC[C@@H]23)C1. The van der Waals surface area contributed by atoms with Crippen molar-refractivity contribution in [3.8, 4) is 0 Å². The Labute approximate surface area is 204 Å². The second-order valence-electron chi connectivity index (χ2n) is 13.1. The van der Waals surface area contributed by atoms with Crippen LogP contribution in [0.5, 0.6) is 0 Å². The normalized spacial score (nSPS) is 36.3. The van der Waals surface area contributed by atoms with E-state index < -0.39 is 11.2 Å². The molecule has 0 aromatic rings. The largest absolute Gasteiger partial charge is 0.390 e. The van der Waals surface area contributed by atoms with Gasteiger partial charge in [0.2, 0.25) is 0 Å². The molecule has 2 N–H and O–H groups in total. The molecular weight excluding hydrogens is 408 g/mol. The highest BCUT2D eigenvalue weighted by Crippen LogP contribution is 2.63. The minimum atomic E-state index is -0.607. The molecule has 0 aliphatic heterocycles. The third-order valence-electron chi connectivity index (χ3n) is 10.2. The van der Waals surface area contributed by atoms with Gasteiger partial charge < -0.3 is 14.9 Å². The molecule has 0 unspecified atom stereocenters. The topological polar surface area (TPSA) is 49.7 Å². The second-order valence-corrected chi connectivity index (χ2v) is 13.1. The zero-order valence-electron chi connectivity index (χ0n) is 22.7. The lowest BCUT2D eigenvalue weighted by atomic mass is 9.54. The molecule has 3 aliphatic rings. The number of methoxy groups -OCH3 is 1. The fourth-order valence-corrected chi connectivity index (χ4v) is 8.14. The third kappa shape index (κ3) is 6.64. The lowest BCUT2D eigenvalue weighted by Gasteiger charge is -2.51. The predicted molar refractivity (Wildman–Crippen MR) is 138 cm³/mol. The molecule has 0 aromatic heterocycles. The van der Waals surface area contributed by atoms with Crippen LogP contribution in [0, 0.1) is 35.0 Å². The summed E-state index contributed by atoms with van der Waals surface area (Å²) < 4.78 is 5.19. The van der Waals surface area contributed by atoms with Crippen molar-refractivity contribution in [2.75, 3.05) is 13.7 Å². The van der Waals surface area contributed by atoms with E-state index >= 15 is 0 Å².